The fraction of sp³-hybridized carbons (Fsp3) is 0.583. The Kier molecular flexibility index (Phi) is 6.12. The van der Waals surface area contributed by atoms with Crippen LogP contribution in [0.5, 0.6) is 0 Å². The zero-order valence-corrected chi connectivity index (χ0v) is 13.4. The number of nitrogens with one attached hydrogen (secondary N) is 1. The first kappa shape index (κ1) is 17.1. The lowest BCUT2D eigenvalue weighted by molar-refractivity contribution is 0.0891. The highest BCUT2D eigenvalue weighted by molar-refractivity contribution is 7.91. The highest BCUT2D eigenvalue weighted by atomic mass is 32.2. The molecule has 8 heteroatoms. The fourth-order valence-corrected chi connectivity index (χ4v) is 3.93. The number of carbonyl (C=O) groups excluding carboxylic acids is 1. The summed E-state index contributed by atoms with van der Waals surface area (Å²) in [5.41, 5.74) is 0.735. The molecule has 20 heavy (non-hydrogen) atoms. The quantitative estimate of drug-likeness (QED) is 0.790. The summed E-state index contributed by atoms with van der Waals surface area (Å²) in [5.74, 6) is -0.302. The number of thiophene rings is 1. The highest BCUT2D eigenvalue weighted by Crippen LogP contribution is 2.25. The summed E-state index contributed by atoms with van der Waals surface area (Å²) in [5, 5.41) is 9.46. The molecule has 0 bridgehead atoms. The molecule has 0 radical (unpaired) electrons. The van der Waals surface area contributed by atoms with Gasteiger partial charge in [-0.25, -0.2) is 13.6 Å². The Morgan fingerprint density at radius 3 is 2.65 bits per heavy atom. The van der Waals surface area contributed by atoms with E-state index in [2.05, 4.69) is 5.32 Å². The van der Waals surface area contributed by atoms with Gasteiger partial charge in [-0.3, -0.25) is 4.79 Å². The lowest BCUT2D eigenvalue weighted by atomic mass is 10.1. The molecular formula is C12H20N2O4S2. The molecule has 6 nitrogen and oxygen atoms in total. The molecule has 114 valence electrons. The van der Waals surface area contributed by atoms with Crippen molar-refractivity contribution >= 4 is 27.3 Å². The van der Waals surface area contributed by atoms with E-state index in [0.717, 1.165) is 24.2 Å². The summed E-state index contributed by atoms with van der Waals surface area (Å²) in [6, 6.07) is -0.0882. The largest absolute Gasteiger partial charge is 0.383 e. The molecule has 0 aromatic carbocycles. The van der Waals surface area contributed by atoms with Gasteiger partial charge in [0.15, 0.2) is 0 Å². The normalized spacial score (nSPS) is 13.2. The zero-order chi connectivity index (χ0) is 15.3. The smallest absolute Gasteiger partial charge is 0.252 e. The second kappa shape index (κ2) is 7.16. The second-order valence-electron chi connectivity index (χ2n) is 4.52. The molecule has 0 aliphatic heterocycles. The Hall–Kier alpha value is -0.960. The van der Waals surface area contributed by atoms with E-state index in [1.807, 2.05) is 6.92 Å². The number of primary sulfonamides is 1. The van der Waals surface area contributed by atoms with Gasteiger partial charge in [0.1, 0.15) is 4.21 Å². The van der Waals surface area contributed by atoms with Crippen LogP contribution in [0.3, 0.4) is 0 Å². The SMILES string of the molecule is CCCC(COC)NC(=O)c1csc(S(N)(=O)=O)c1C. The molecule has 0 aliphatic carbocycles. The fourth-order valence-electron chi connectivity index (χ4n) is 1.91. The topological polar surface area (TPSA) is 98.5 Å². The molecule has 3 N–H and O–H groups in total. The van der Waals surface area contributed by atoms with E-state index in [1.54, 1.807) is 14.0 Å². The van der Waals surface area contributed by atoms with Gasteiger partial charge in [-0.05, 0) is 18.9 Å². The summed E-state index contributed by atoms with van der Waals surface area (Å²) in [4.78, 5) is 12.2. The van der Waals surface area contributed by atoms with E-state index < -0.39 is 10.0 Å². The standard InChI is InChI=1S/C12H20N2O4S2/c1-4-5-9(6-18-3)14-11(15)10-7-19-12(8(10)2)20(13,16)17/h7,9H,4-6H2,1-3H3,(H,14,15)(H2,13,16,17). The van der Waals surface area contributed by atoms with Crippen LogP contribution in [0.25, 0.3) is 0 Å². The van der Waals surface area contributed by atoms with Crippen LogP contribution in [-0.2, 0) is 14.8 Å². The van der Waals surface area contributed by atoms with Crippen LogP contribution >= 0.6 is 11.3 Å². The third-order valence-electron chi connectivity index (χ3n) is 2.84. The maximum Gasteiger partial charge on any atom is 0.252 e. The van der Waals surface area contributed by atoms with Crippen molar-refractivity contribution in [2.24, 2.45) is 5.14 Å². The van der Waals surface area contributed by atoms with Gasteiger partial charge in [0.25, 0.3) is 5.91 Å². The van der Waals surface area contributed by atoms with E-state index >= 15 is 0 Å². The molecule has 0 fully saturated rings. The first-order chi connectivity index (χ1) is 9.31. The second-order valence-corrected chi connectivity index (χ2v) is 7.16. The molecule has 0 saturated carbocycles. The van der Waals surface area contributed by atoms with Crippen LogP contribution in [0, 0.1) is 6.92 Å². The lowest BCUT2D eigenvalue weighted by Gasteiger charge is -2.17. The Morgan fingerprint density at radius 1 is 1.55 bits per heavy atom. The van der Waals surface area contributed by atoms with Gasteiger partial charge in [-0.15, -0.1) is 11.3 Å². The number of methoxy groups -OCH3 is 1. The van der Waals surface area contributed by atoms with Crippen molar-refractivity contribution in [2.75, 3.05) is 13.7 Å². The number of hydrogen-bond donors (Lipinski definition) is 2. The van der Waals surface area contributed by atoms with E-state index in [9.17, 15) is 13.2 Å². The van der Waals surface area contributed by atoms with Gasteiger partial charge in [0.2, 0.25) is 10.0 Å². The van der Waals surface area contributed by atoms with Crippen LogP contribution in [-0.4, -0.2) is 34.1 Å². The molecule has 1 amide bonds. The van der Waals surface area contributed by atoms with Gasteiger partial charge in [0, 0.05) is 12.5 Å². The molecular weight excluding hydrogens is 300 g/mol. The van der Waals surface area contributed by atoms with Gasteiger partial charge >= 0.3 is 0 Å². The minimum absolute atomic E-state index is 0.0291. The van der Waals surface area contributed by atoms with Gasteiger partial charge in [-0.1, -0.05) is 13.3 Å². The molecule has 1 aromatic heterocycles. The Labute approximate surface area is 123 Å². The van der Waals surface area contributed by atoms with Crippen molar-refractivity contribution < 1.29 is 17.9 Å². The van der Waals surface area contributed by atoms with Crippen LogP contribution in [0.2, 0.25) is 0 Å². The van der Waals surface area contributed by atoms with Gasteiger partial charge < -0.3 is 10.1 Å². The van der Waals surface area contributed by atoms with Crippen molar-refractivity contribution in [1.82, 2.24) is 5.32 Å². The van der Waals surface area contributed by atoms with Crippen molar-refractivity contribution in [3.63, 3.8) is 0 Å². The van der Waals surface area contributed by atoms with Crippen LogP contribution in [0.15, 0.2) is 9.59 Å². The van der Waals surface area contributed by atoms with Gasteiger partial charge in [-0.2, -0.15) is 0 Å². The monoisotopic (exact) mass is 320 g/mol. The Balaban J connectivity index is 2.90. The molecule has 1 atom stereocenters. The first-order valence-corrected chi connectivity index (χ1v) is 8.64. The Morgan fingerprint density at radius 2 is 2.20 bits per heavy atom. The molecule has 0 spiro atoms. The maximum absolute atomic E-state index is 12.2. The van der Waals surface area contributed by atoms with E-state index in [4.69, 9.17) is 9.88 Å². The number of amides is 1. The molecule has 0 aliphatic rings. The number of nitrogens with two attached hydrogens (primary N) is 1. The van der Waals surface area contributed by atoms with E-state index in [-0.39, 0.29) is 16.2 Å². The Bertz CT molecular complexity index is 560. The summed E-state index contributed by atoms with van der Waals surface area (Å²) < 4.78 is 27.8. The van der Waals surface area contributed by atoms with Crippen molar-refractivity contribution in [2.45, 2.75) is 36.9 Å². The number of rotatable bonds is 7. The maximum atomic E-state index is 12.2. The lowest BCUT2D eigenvalue weighted by Crippen LogP contribution is -2.38. The minimum Gasteiger partial charge on any atom is -0.383 e. The van der Waals surface area contributed by atoms with Crippen molar-refractivity contribution in [3.8, 4) is 0 Å². The summed E-state index contributed by atoms with van der Waals surface area (Å²) in [7, 11) is -2.21. The number of hydrogen-bond acceptors (Lipinski definition) is 5. The predicted octanol–water partition coefficient (Wildman–Crippen LogP) is 1.25. The van der Waals surface area contributed by atoms with Crippen LogP contribution in [0.4, 0.5) is 0 Å². The summed E-state index contributed by atoms with van der Waals surface area (Å²) in [6.45, 7) is 4.02. The minimum atomic E-state index is -3.78. The van der Waals surface area contributed by atoms with Crippen LogP contribution in [0.1, 0.15) is 35.7 Å². The van der Waals surface area contributed by atoms with E-state index in [0.29, 0.717) is 17.7 Å². The van der Waals surface area contributed by atoms with Crippen LogP contribution < -0.4 is 10.5 Å². The molecule has 1 aromatic rings. The first-order valence-electron chi connectivity index (χ1n) is 6.21. The average Bonchev–Trinajstić information content (AvgIpc) is 2.71. The van der Waals surface area contributed by atoms with E-state index in [1.165, 1.54) is 5.38 Å². The third kappa shape index (κ3) is 4.27. The summed E-state index contributed by atoms with van der Waals surface area (Å²) >= 11 is 0.960. The molecule has 0 saturated heterocycles. The summed E-state index contributed by atoms with van der Waals surface area (Å²) in [6.07, 6.45) is 1.71. The van der Waals surface area contributed by atoms with Crippen molar-refractivity contribution in [3.05, 3.63) is 16.5 Å². The zero-order valence-electron chi connectivity index (χ0n) is 11.8. The molecule has 1 rings (SSSR count). The number of ether oxygens (including phenoxy) is 1. The molecule has 1 heterocycles. The van der Waals surface area contributed by atoms with Crippen molar-refractivity contribution in [1.29, 1.82) is 0 Å². The number of carbonyl (C=O) groups is 1. The highest BCUT2D eigenvalue weighted by Gasteiger charge is 2.22. The molecule has 1 unspecified atom stereocenters. The predicted molar refractivity (Wildman–Crippen MR) is 78.5 cm³/mol. The average molecular weight is 320 g/mol. The van der Waals surface area contributed by atoms with Gasteiger partial charge in [0.05, 0.1) is 18.2 Å². The number of sulfonamides is 1. The third-order valence-corrected chi connectivity index (χ3v) is 5.52.